The lowest BCUT2D eigenvalue weighted by atomic mass is 10.2. The normalized spacial score (nSPS) is 11.8. The van der Waals surface area contributed by atoms with Crippen LogP contribution in [0.5, 0.6) is 0 Å². The zero-order chi connectivity index (χ0) is 15.5. The largest absolute Gasteiger partial charge is 0.398 e. The molecule has 0 heterocycles. The highest BCUT2D eigenvalue weighted by atomic mass is 32.2. The number of nitrogen functional groups attached to an aromatic ring is 1. The van der Waals surface area contributed by atoms with E-state index in [1.165, 1.54) is 10.4 Å². The maximum absolute atomic E-state index is 12.5. The number of nitrogens with zero attached hydrogens (tertiary/aromatic N) is 1. The molecule has 0 bridgehead atoms. The third-order valence-electron chi connectivity index (χ3n) is 3.52. The Hall–Kier alpha value is -1.85. The molecule has 0 saturated heterocycles. The van der Waals surface area contributed by atoms with E-state index in [9.17, 15) is 8.42 Å². The molecule has 0 aromatic heterocycles. The second-order valence-electron chi connectivity index (χ2n) is 5.08. The summed E-state index contributed by atoms with van der Waals surface area (Å²) in [5.41, 5.74) is 8.28. The van der Waals surface area contributed by atoms with Gasteiger partial charge in [-0.25, -0.2) is 12.7 Å². The van der Waals surface area contributed by atoms with E-state index in [4.69, 9.17) is 5.73 Å². The number of aryl methyl sites for hydroxylation is 1. The first-order valence-corrected chi connectivity index (χ1v) is 8.21. The molecule has 0 spiro atoms. The quantitative estimate of drug-likeness (QED) is 0.863. The van der Waals surface area contributed by atoms with Gasteiger partial charge in [-0.1, -0.05) is 36.4 Å². The summed E-state index contributed by atoms with van der Waals surface area (Å²) < 4.78 is 26.3. The van der Waals surface area contributed by atoms with Gasteiger partial charge in [0, 0.05) is 19.3 Å². The zero-order valence-electron chi connectivity index (χ0n) is 12.3. The van der Waals surface area contributed by atoms with Crippen LogP contribution in [-0.4, -0.2) is 26.3 Å². The van der Waals surface area contributed by atoms with Gasteiger partial charge in [0.05, 0.1) is 4.90 Å². The number of anilines is 1. The summed E-state index contributed by atoms with van der Waals surface area (Å²) in [7, 11) is -1.90. The summed E-state index contributed by atoms with van der Waals surface area (Å²) >= 11 is 0. The summed E-state index contributed by atoms with van der Waals surface area (Å²) in [5, 5.41) is 0. The van der Waals surface area contributed by atoms with Crippen LogP contribution in [0, 0.1) is 6.92 Å². The monoisotopic (exact) mass is 304 g/mol. The summed E-state index contributed by atoms with van der Waals surface area (Å²) in [4.78, 5) is 0.237. The Balaban J connectivity index is 2.13. The van der Waals surface area contributed by atoms with Crippen molar-refractivity contribution < 1.29 is 8.42 Å². The van der Waals surface area contributed by atoms with E-state index >= 15 is 0 Å². The first-order valence-electron chi connectivity index (χ1n) is 6.77. The molecule has 21 heavy (non-hydrogen) atoms. The molecule has 2 N–H and O–H groups in total. The molecule has 0 aliphatic carbocycles. The zero-order valence-corrected chi connectivity index (χ0v) is 13.1. The van der Waals surface area contributed by atoms with Crippen molar-refractivity contribution in [2.75, 3.05) is 19.3 Å². The topological polar surface area (TPSA) is 63.4 Å². The lowest BCUT2D eigenvalue weighted by molar-refractivity contribution is 0.472. The number of sulfonamides is 1. The van der Waals surface area contributed by atoms with Crippen molar-refractivity contribution >= 4 is 15.7 Å². The van der Waals surface area contributed by atoms with Crippen LogP contribution in [0.2, 0.25) is 0 Å². The van der Waals surface area contributed by atoms with Gasteiger partial charge >= 0.3 is 0 Å². The molecular weight excluding hydrogens is 284 g/mol. The summed E-state index contributed by atoms with van der Waals surface area (Å²) in [6, 6.07) is 14.7. The molecule has 2 rings (SSSR count). The Morgan fingerprint density at radius 3 is 2.38 bits per heavy atom. The van der Waals surface area contributed by atoms with Crippen LogP contribution in [0.3, 0.4) is 0 Å². The molecule has 4 nitrogen and oxygen atoms in total. The molecule has 0 aliphatic rings. The van der Waals surface area contributed by atoms with Gasteiger partial charge in [-0.2, -0.15) is 0 Å². The first-order chi connectivity index (χ1) is 9.91. The van der Waals surface area contributed by atoms with Crippen molar-refractivity contribution in [2.24, 2.45) is 0 Å². The van der Waals surface area contributed by atoms with Crippen LogP contribution in [0.1, 0.15) is 11.1 Å². The molecule has 2 aromatic rings. The van der Waals surface area contributed by atoms with Crippen LogP contribution in [-0.2, 0) is 16.4 Å². The van der Waals surface area contributed by atoms with Gasteiger partial charge < -0.3 is 5.73 Å². The summed E-state index contributed by atoms with van der Waals surface area (Å²) in [6.45, 7) is 2.28. The Bertz CT molecular complexity index is 712. The van der Waals surface area contributed by atoms with E-state index in [1.807, 2.05) is 37.3 Å². The lowest BCUT2D eigenvalue weighted by Crippen LogP contribution is -2.29. The Labute approximate surface area is 126 Å². The van der Waals surface area contributed by atoms with Crippen molar-refractivity contribution in [3.8, 4) is 0 Å². The van der Waals surface area contributed by atoms with Gasteiger partial charge in [0.25, 0.3) is 0 Å². The number of likely N-dealkylation sites (N-methyl/N-ethyl adjacent to an activating group) is 1. The lowest BCUT2D eigenvalue weighted by Gasteiger charge is -2.17. The Morgan fingerprint density at radius 2 is 1.76 bits per heavy atom. The average Bonchev–Trinajstić information content (AvgIpc) is 2.48. The second-order valence-corrected chi connectivity index (χ2v) is 7.13. The van der Waals surface area contributed by atoms with Crippen LogP contribution < -0.4 is 5.73 Å². The SMILES string of the molecule is Cc1ccc(S(=O)(=O)N(C)CCc2ccccc2)cc1N. The highest BCUT2D eigenvalue weighted by molar-refractivity contribution is 7.89. The minimum Gasteiger partial charge on any atom is -0.398 e. The summed E-state index contributed by atoms with van der Waals surface area (Å²) in [6.07, 6.45) is 0.678. The van der Waals surface area contributed by atoms with Crippen molar-refractivity contribution in [2.45, 2.75) is 18.2 Å². The average molecular weight is 304 g/mol. The van der Waals surface area contributed by atoms with E-state index in [2.05, 4.69) is 0 Å². The van der Waals surface area contributed by atoms with E-state index in [0.29, 0.717) is 18.7 Å². The Morgan fingerprint density at radius 1 is 1.10 bits per heavy atom. The van der Waals surface area contributed by atoms with Crippen LogP contribution in [0.15, 0.2) is 53.4 Å². The van der Waals surface area contributed by atoms with Crippen LogP contribution >= 0.6 is 0 Å². The van der Waals surface area contributed by atoms with E-state index < -0.39 is 10.0 Å². The minimum atomic E-state index is -3.50. The molecule has 0 radical (unpaired) electrons. The molecule has 112 valence electrons. The van der Waals surface area contributed by atoms with E-state index in [0.717, 1.165) is 11.1 Å². The van der Waals surface area contributed by atoms with Gasteiger partial charge in [0.15, 0.2) is 0 Å². The van der Waals surface area contributed by atoms with Gasteiger partial charge in [-0.05, 0) is 36.6 Å². The number of rotatable bonds is 5. The molecule has 2 aromatic carbocycles. The molecular formula is C16H20N2O2S. The van der Waals surface area contributed by atoms with Gasteiger partial charge in [0.1, 0.15) is 0 Å². The van der Waals surface area contributed by atoms with Gasteiger partial charge in [-0.3, -0.25) is 0 Å². The van der Waals surface area contributed by atoms with E-state index in [-0.39, 0.29) is 4.90 Å². The molecule has 0 aliphatic heterocycles. The standard InChI is InChI=1S/C16H20N2O2S/c1-13-8-9-15(12-16(13)17)21(19,20)18(2)11-10-14-6-4-3-5-7-14/h3-9,12H,10-11,17H2,1-2H3. The second kappa shape index (κ2) is 6.28. The minimum absolute atomic E-state index is 0.237. The number of benzene rings is 2. The first kappa shape index (κ1) is 15.5. The maximum atomic E-state index is 12.5. The highest BCUT2D eigenvalue weighted by Gasteiger charge is 2.20. The molecule has 0 unspecified atom stereocenters. The fraction of sp³-hybridized carbons (Fsp3) is 0.250. The predicted molar refractivity (Wildman–Crippen MR) is 85.6 cm³/mol. The van der Waals surface area contributed by atoms with E-state index in [1.54, 1.807) is 19.2 Å². The third-order valence-corrected chi connectivity index (χ3v) is 5.37. The number of nitrogens with two attached hydrogens (primary N) is 1. The molecule has 0 saturated carbocycles. The van der Waals surface area contributed by atoms with Crippen molar-refractivity contribution in [3.63, 3.8) is 0 Å². The van der Waals surface area contributed by atoms with Crippen LogP contribution in [0.25, 0.3) is 0 Å². The van der Waals surface area contributed by atoms with Gasteiger partial charge in [0.2, 0.25) is 10.0 Å². The fourth-order valence-corrected chi connectivity index (χ4v) is 3.22. The van der Waals surface area contributed by atoms with Crippen molar-refractivity contribution in [3.05, 3.63) is 59.7 Å². The van der Waals surface area contributed by atoms with Gasteiger partial charge in [-0.15, -0.1) is 0 Å². The predicted octanol–water partition coefficient (Wildman–Crippen LogP) is 2.44. The number of hydrogen-bond donors (Lipinski definition) is 1. The van der Waals surface area contributed by atoms with Crippen molar-refractivity contribution in [1.82, 2.24) is 4.31 Å². The summed E-state index contributed by atoms with van der Waals surface area (Å²) in [5.74, 6) is 0. The van der Waals surface area contributed by atoms with Crippen LogP contribution in [0.4, 0.5) is 5.69 Å². The molecule has 0 amide bonds. The fourth-order valence-electron chi connectivity index (χ4n) is 2.01. The highest BCUT2D eigenvalue weighted by Crippen LogP contribution is 2.20. The molecule has 0 atom stereocenters. The van der Waals surface area contributed by atoms with Crippen molar-refractivity contribution in [1.29, 1.82) is 0 Å². The number of hydrogen-bond acceptors (Lipinski definition) is 3. The molecule has 5 heteroatoms. The molecule has 0 fully saturated rings. The smallest absolute Gasteiger partial charge is 0.242 e. The third kappa shape index (κ3) is 3.62. The Kier molecular flexibility index (Phi) is 4.65. The maximum Gasteiger partial charge on any atom is 0.242 e.